The summed E-state index contributed by atoms with van der Waals surface area (Å²) in [5, 5.41) is 9.26. The van der Waals surface area contributed by atoms with E-state index in [1.807, 2.05) is 0 Å². The van der Waals surface area contributed by atoms with Crippen molar-refractivity contribution in [3.05, 3.63) is 35.7 Å². The predicted molar refractivity (Wildman–Crippen MR) is 57.7 cm³/mol. The first-order valence-electron chi connectivity index (χ1n) is 4.16. The number of nitrogens with zero attached hydrogens (tertiary/aromatic N) is 3. The van der Waals surface area contributed by atoms with Crippen molar-refractivity contribution >= 4 is 21.6 Å². The first-order chi connectivity index (χ1) is 7.47. The molecule has 0 atom stereocenters. The molecule has 0 fully saturated rings. The van der Waals surface area contributed by atoms with Crippen LogP contribution in [0.5, 0.6) is 0 Å². The average molecular weight is 259 g/mol. The maximum atomic E-state index is 11.0. The highest BCUT2D eigenvalue weighted by molar-refractivity contribution is 7.89. The lowest BCUT2D eigenvalue weighted by atomic mass is 10.4. The molecule has 0 spiro atoms. The van der Waals surface area contributed by atoms with E-state index < -0.39 is 10.0 Å². The molecular weight excluding hydrogens is 252 g/mol. The van der Waals surface area contributed by atoms with Crippen molar-refractivity contribution in [2.75, 3.05) is 0 Å². The zero-order valence-electron chi connectivity index (χ0n) is 7.91. The third kappa shape index (κ3) is 2.21. The Balaban J connectivity index is 2.47. The van der Waals surface area contributed by atoms with Gasteiger partial charge in [0.25, 0.3) is 0 Å². The van der Waals surface area contributed by atoms with E-state index >= 15 is 0 Å². The van der Waals surface area contributed by atoms with Gasteiger partial charge >= 0.3 is 0 Å². The van der Waals surface area contributed by atoms with E-state index in [-0.39, 0.29) is 4.90 Å². The summed E-state index contributed by atoms with van der Waals surface area (Å²) in [5.41, 5.74) is 0. The minimum atomic E-state index is -3.74. The third-order valence-corrected chi connectivity index (χ3v) is 2.93. The van der Waals surface area contributed by atoms with E-state index in [0.29, 0.717) is 10.8 Å². The molecule has 0 aliphatic heterocycles. The lowest BCUT2D eigenvalue weighted by Crippen LogP contribution is -2.11. The number of hydrogen-bond donors (Lipinski definition) is 1. The monoisotopic (exact) mass is 258 g/mol. The van der Waals surface area contributed by atoms with Crippen LogP contribution < -0.4 is 5.14 Å². The van der Waals surface area contributed by atoms with Crippen molar-refractivity contribution in [3.8, 4) is 5.82 Å². The van der Waals surface area contributed by atoms with E-state index in [1.165, 1.54) is 17.1 Å². The Kier molecular flexibility index (Phi) is 2.66. The standard InChI is InChI=1S/C8H7ClN4O2S/c9-6-1-2-11-8(3-6)13-5-7(4-12-13)16(10,14)15/h1-5H,(H2,10,14,15). The molecule has 0 amide bonds. The first-order valence-corrected chi connectivity index (χ1v) is 6.08. The maximum Gasteiger partial charge on any atom is 0.241 e. The number of sulfonamides is 1. The number of aromatic nitrogens is 3. The summed E-state index contributed by atoms with van der Waals surface area (Å²) in [6.07, 6.45) is 3.92. The van der Waals surface area contributed by atoms with Crippen LogP contribution in [0.4, 0.5) is 0 Å². The molecule has 0 aliphatic carbocycles. The molecule has 0 bridgehead atoms. The molecule has 2 aromatic rings. The predicted octanol–water partition coefficient (Wildman–Crippen LogP) is 0.568. The quantitative estimate of drug-likeness (QED) is 0.852. The third-order valence-electron chi connectivity index (χ3n) is 1.83. The molecule has 0 radical (unpaired) electrons. The van der Waals surface area contributed by atoms with Gasteiger partial charge in [-0.15, -0.1) is 0 Å². The Labute approximate surface area is 96.7 Å². The summed E-state index contributed by atoms with van der Waals surface area (Å²) < 4.78 is 23.3. The van der Waals surface area contributed by atoms with Crippen LogP contribution >= 0.6 is 11.6 Å². The summed E-state index contributed by atoms with van der Waals surface area (Å²) in [7, 11) is -3.74. The van der Waals surface area contributed by atoms with E-state index in [2.05, 4.69) is 10.1 Å². The Morgan fingerprint density at radius 2 is 2.19 bits per heavy atom. The first kappa shape index (κ1) is 11.1. The number of nitrogens with two attached hydrogens (primary N) is 1. The smallest absolute Gasteiger partial charge is 0.237 e. The highest BCUT2D eigenvalue weighted by Crippen LogP contribution is 2.13. The highest BCUT2D eigenvalue weighted by Gasteiger charge is 2.11. The van der Waals surface area contributed by atoms with Crippen molar-refractivity contribution in [3.63, 3.8) is 0 Å². The minimum Gasteiger partial charge on any atom is -0.237 e. The Morgan fingerprint density at radius 3 is 2.75 bits per heavy atom. The Bertz CT molecular complexity index is 622. The van der Waals surface area contributed by atoms with Crippen LogP contribution in [0.25, 0.3) is 5.82 Å². The van der Waals surface area contributed by atoms with Crippen LogP contribution in [0.1, 0.15) is 0 Å². The zero-order valence-corrected chi connectivity index (χ0v) is 9.48. The molecule has 8 heteroatoms. The fourth-order valence-corrected chi connectivity index (χ4v) is 1.69. The number of primary sulfonamides is 1. The SMILES string of the molecule is NS(=O)(=O)c1cnn(-c2cc(Cl)ccn2)c1. The van der Waals surface area contributed by atoms with Gasteiger partial charge in [0.1, 0.15) is 4.90 Å². The second-order valence-electron chi connectivity index (χ2n) is 3.00. The fourth-order valence-electron chi connectivity index (χ4n) is 1.10. The Hall–Kier alpha value is -1.44. The van der Waals surface area contributed by atoms with Crippen LogP contribution in [-0.2, 0) is 10.0 Å². The average Bonchev–Trinajstić information content (AvgIpc) is 2.65. The molecule has 0 aromatic carbocycles. The molecule has 2 rings (SSSR count). The lowest BCUT2D eigenvalue weighted by Gasteiger charge is -1.99. The van der Waals surface area contributed by atoms with Gasteiger partial charge in [0, 0.05) is 17.3 Å². The summed E-state index contributed by atoms with van der Waals surface area (Å²) in [6, 6.07) is 3.16. The summed E-state index contributed by atoms with van der Waals surface area (Å²) in [6.45, 7) is 0. The van der Waals surface area contributed by atoms with Crippen molar-refractivity contribution in [1.82, 2.24) is 14.8 Å². The van der Waals surface area contributed by atoms with Crippen LogP contribution in [0.15, 0.2) is 35.6 Å². The van der Waals surface area contributed by atoms with Gasteiger partial charge in [-0.3, -0.25) is 0 Å². The molecule has 0 aliphatic rings. The molecule has 2 aromatic heterocycles. The molecule has 2 N–H and O–H groups in total. The van der Waals surface area contributed by atoms with Crippen molar-refractivity contribution in [2.24, 2.45) is 5.14 Å². The number of pyridine rings is 1. The second kappa shape index (κ2) is 3.85. The molecule has 16 heavy (non-hydrogen) atoms. The molecular formula is C8H7ClN4O2S. The maximum absolute atomic E-state index is 11.0. The van der Waals surface area contributed by atoms with E-state index in [4.69, 9.17) is 16.7 Å². The second-order valence-corrected chi connectivity index (χ2v) is 5.00. The summed E-state index contributed by atoms with van der Waals surface area (Å²) in [4.78, 5) is 3.91. The van der Waals surface area contributed by atoms with Gasteiger partial charge in [-0.25, -0.2) is 23.2 Å². The van der Waals surface area contributed by atoms with Crippen molar-refractivity contribution in [1.29, 1.82) is 0 Å². The molecule has 0 saturated carbocycles. The lowest BCUT2D eigenvalue weighted by molar-refractivity contribution is 0.598. The van der Waals surface area contributed by atoms with Gasteiger partial charge in [-0.1, -0.05) is 11.6 Å². The molecule has 84 valence electrons. The van der Waals surface area contributed by atoms with Crippen LogP contribution in [-0.4, -0.2) is 23.2 Å². The zero-order chi connectivity index (χ0) is 11.8. The van der Waals surface area contributed by atoms with E-state index in [9.17, 15) is 8.42 Å². The van der Waals surface area contributed by atoms with Crippen LogP contribution in [0, 0.1) is 0 Å². The van der Waals surface area contributed by atoms with Gasteiger partial charge in [-0.2, -0.15) is 5.10 Å². The normalized spacial score (nSPS) is 11.6. The van der Waals surface area contributed by atoms with Crippen LogP contribution in [0.2, 0.25) is 5.02 Å². The van der Waals surface area contributed by atoms with Crippen molar-refractivity contribution < 1.29 is 8.42 Å². The largest absolute Gasteiger partial charge is 0.241 e. The van der Waals surface area contributed by atoms with Crippen molar-refractivity contribution in [2.45, 2.75) is 4.90 Å². The topological polar surface area (TPSA) is 90.9 Å². The van der Waals surface area contributed by atoms with Gasteiger partial charge < -0.3 is 0 Å². The molecule has 6 nitrogen and oxygen atoms in total. The number of rotatable bonds is 2. The summed E-state index contributed by atoms with van der Waals surface area (Å²) >= 11 is 5.77. The summed E-state index contributed by atoms with van der Waals surface area (Å²) in [5.74, 6) is 0.419. The van der Waals surface area contributed by atoms with Gasteiger partial charge in [0.15, 0.2) is 5.82 Å². The van der Waals surface area contributed by atoms with Gasteiger partial charge in [0.2, 0.25) is 10.0 Å². The molecule has 0 saturated heterocycles. The molecule has 0 unspecified atom stereocenters. The Morgan fingerprint density at radius 1 is 1.44 bits per heavy atom. The highest BCUT2D eigenvalue weighted by atomic mass is 35.5. The van der Waals surface area contributed by atoms with Gasteiger partial charge in [0.05, 0.1) is 12.4 Å². The fraction of sp³-hybridized carbons (Fsp3) is 0. The van der Waals surface area contributed by atoms with Crippen LogP contribution in [0.3, 0.4) is 0 Å². The number of halogens is 1. The molecule has 2 heterocycles. The minimum absolute atomic E-state index is 0.0747. The van der Waals surface area contributed by atoms with E-state index in [0.717, 1.165) is 6.20 Å². The van der Waals surface area contributed by atoms with Gasteiger partial charge in [-0.05, 0) is 6.07 Å². The van der Waals surface area contributed by atoms with E-state index in [1.54, 1.807) is 12.1 Å². The number of hydrogen-bond acceptors (Lipinski definition) is 4.